The number of nitrogens with one attached hydrogen (secondary N) is 1. The summed E-state index contributed by atoms with van der Waals surface area (Å²) in [6.07, 6.45) is 0. The maximum absolute atomic E-state index is 6.20. The van der Waals surface area contributed by atoms with E-state index in [2.05, 4.69) is 22.1 Å². The molecule has 0 aliphatic carbocycles. The first kappa shape index (κ1) is 17.6. The predicted molar refractivity (Wildman–Crippen MR) is 116 cm³/mol. The van der Waals surface area contributed by atoms with Gasteiger partial charge in [0.25, 0.3) is 0 Å². The minimum Gasteiger partial charge on any atom is -0.333 e. The molecule has 0 aliphatic heterocycles. The molecule has 0 fully saturated rings. The Morgan fingerprint density at radius 1 is 0.893 bits per heavy atom. The molecule has 0 unspecified atom stereocenters. The number of nitrogens with zero attached hydrogens (tertiary/aromatic N) is 3. The summed E-state index contributed by atoms with van der Waals surface area (Å²) in [7, 11) is 1.98. The highest BCUT2D eigenvalue weighted by Gasteiger charge is 2.16. The van der Waals surface area contributed by atoms with Gasteiger partial charge in [-0.05, 0) is 30.3 Å². The van der Waals surface area contributed by atoms with Crippen LogP contribution in [0, 0.1) is 0 Å². The number of benzene rings is 3. The Labute approximate surface area is 175 Å². The summed E-state index contributed by atoms with van der Waals surface area (Å²) in [6, 6.07) is 19.8. The molecule has 0 aliphatic rings. The maximum atomic E-state index is 6.20. The summed E-state index contributed by atoms with van der Waals surface area (Å²) < 4.78 is 2.04. The molecular weight excluding hydrogens is 411 g/mol. The van der Waals surface area contributed by atoms with Crippen molar-refractivity contribution in [2.45, 2.75) is 10.1 Å². The third-order valence-corrected chi connectivity index (χ3v) is 6.31. The van der Waals surface area contributed by atoms with Crippen molar-refractivity contribution in [3.63, 3.8) is 0 Å². The average Bonchev–Trinajstić information content (AvgIpc) is 3.24. The molecule has 2 heterocycles. The third kappa shape index (κ3) is 2.96. The molecule has 5 rings (SSSR count). The Morgan fingerprint density at radius 2 is 1.64 bits per heavy atom. The number of imidazole rings is 2. The number of para-hydroxylation sites is 2. The first-order valence-electron chi connectivity index (χ1n) is 8.63. The first-order chi connectivity index (χ1) is 13.6. The van der Waals surface area contributed by atoms with Gasteiger partial charge in [0.2, 0.25) is 0 Å². The lowest BCUT2D eigenvalue weighted by Gasteiger charge is -2.08. The SMILES string of the molecule is Cn1c(-c2ccccc2Sc2nc3ccccc3[nH]2)nc2cc(Cl)c(Cl)cc21. The van der Waals surface area contributed by atoms with Crippen LogP contribution in [-0.2, 0) is 7.05 Å². The minimum absolute atomic E-state index is 0.503. The smallest absolute Gasteiger partial charge is 0.171 e. The van der Waals surface area contributed by atoms with Gasteiger partial charge in [0.05, 0.1) is 32.1 Å². The van der Waals surface area contributed by atoms with E-state index in [1.165, 1.54) is 0 Å². The van der Waals surface area contributed by atoms with E-state index in [1.807, 2.05) is 54.1 Å². The molecule has 28 heavy (non-hydrogen) atoms. The van der Waals surface area contributed by atoms with E-state index in [0.29, 0.717) is 10.0 Å². The van der Waals surface area contributed by atoms with Crippen LogP contribution in [-0.4, -0.2) is 19.5 Å². The van der Waals surface area contributed by atoms with Gasteiger partial charge in [-0.25, -0.2) is 9.97 Å². The molecule has 0 spiro atoms. The molecule has 4 nitrogen and oxygen atoms in total. The Kier molecular flexibility index (Phi) is 4.31. The lowest BCUT2D eigenvalue weighted by molar-refractivity contribution is 0.954. The molecule has 0 radical (unpaired) electrons. The third-order valence-electron chi connectivity index (χ3n) is 4.63. The standard InChI is InChI=1S/C21H14Cl2N4S/c1-27-18-11-14(23)13(22)10-17(18)24-20(27)12-6-2-5-9-19(12)28-21-25-15-7-3-4-8-16(15)26-21/h2-11H,1H3,(H,25,26). The second-order valence-electron chi connectivity index (χ2n) is 6.41. The summed E-state index contributed by atoms with van der Waals surface area (Å²) in [5.41, 5.74) is 4.76. The highest BCUT2D eigenvalue weighted by molar-refractivity contribution is 7.99. The van der Waals surface area contributed by atoms with Gasteiger partial charge < -0.3 is 9.55 Å². The van der Waals surface area contributed by atoms with Gasteiger partial charge in [-0.15, -0.1) is 0 Å². The molecule has 5 aromatic rings. The molecule has 1 N–H and O–H groups in total. The number of H-pyrrole nitrogens is 1. The van der Waals surface area contributed by atoms with Gasteiger partial charge in [0.15, 0.2) is 5.16 Å². The van der Waals surface area contributed by atoms with Crippen LogP contribution >= 0.6 is 35.0 Å². The fourth-order valence-electron chi connectivity index (χ4n) is 3.25. The summed E-state index contributed by atoms with van der Waals surface area (Å²) in [5.74, 6) is 0.854. The number of halogens is 2. The number of aromatic amines is 1. The van der Waals surface area contributed by atoms with Crippen LogP contribution in [0.25, 0.3) is 33.5 Å². The summed E-state index contributed by atoms with van der Waals surface area (Å²) in [4.78, 5) is 13.9. The van der Waals surface area contributed by atoms with E-state index >= 15 is 0 Å². The summed E-state index contributed by atoms with van der Waals surface area (Å²) in [5, 5.41) is 1.87. The van der Waals surface area contributed by atoms with Gasteiger partial charge >= 0.3 is 0 Å². The lowest BCUT2D eigenvalue weighted by atomic mass is 10.2. The second kappa shape index (κ2) is 6.85. The van der Waals surface area contributed by atoms with Gasteiger partial charge in [0, 0.05) is 17.5 Å². The van der Waals surface area contributed by atoms with Gasteiger partial charge in [-0.2, -0.15) is 0 Å². The summed E-state index contributed by atoms with van der Waals surface area (Å²) in [6.45, 7) is 0. The quantitative estimate of drug-likeness (QED) is 0.355. The van der Waals surface area contributed by atoms with Crippen molar-refractivity contribution in [3.05, 3.63) is 70.7 Å². The van der Waals surface area contributed by atoms with Crippen LogP contribution in [0.1, 0.15) is 0 Å². The summed E-state index contributed by atoms with van der Waals surface area (Å²) >= 11 is 14.0. The van der Waals surface area contributed by atoms with Crippen molar-refractivity contribution < 1.29 is 0 Å². The minimum atomic E-state index is 0.503. The van der Waals surface area contributed by atoms with Crippen molar-refractivity contribution in [1.82, 2.24) is 19.5 Å². The van der Waals surface area contributed by atoms with Crippen LogP contribution in [0.4, 0.5) is 0 Å². The van der Waals surface area contributed by atoms with Crippen molar-refractivity contribution in [2.75, 3.05) is 0 Å². The number of hydrogen-bond donors (Lipinski definition) is 1. The number of rotatable bonds is 3. The fraction of sp³-hybridized carbons (Fsp3) is 0.0476. The first-order valence-corrected chi connectivity index (χ1v) is 10.2. The molecule has 7 heteroatoms. The maximum Gasteiger partial charge on any atom is 0.171 e. The fourth-order valence-corrected chi connectivity index (χ4v) is 4.50. The van der Waals surface area contributed by atoms with Crippen LogP contribution in [0.2, 0.25) is 10.0 Å². The van der Waals surface area contributed by atoms with E-state index in [4.69, 9.17) is 28.2 Å². The highest BCUT2D eigenvalue weighted by Crippen LogP contribution is 2.37. The molecule has 0 atom stereocenters. The average molecular weight is 425 g/mol. The molecule has 0 saturated carbocycles. The lowest BCUT2D eigenvalue weighted by Crippen LogP contribution is -1.94. The predicted octanol–water partition coefficient (Wildman–Crippen LogP) is 6.57. The zero-order valence-corrected chi connectivity index (χ0v) is 17.1. The normalized spacial score (nSPS) is 11.5. The number of aryl methyl sites for hydroxylation is 1. The largest absolute Gasteiger partial charge is 0.333 e. The molecule has 138 valence electrons. The molecular formula is C21H14Cl2N4S. The van der Waals surface area contributed by atoms with Crippen molar-refractivity contribution in [1.29, 1.82) is 0 Å². The van der Waals surface area contributed by atoms with E-state index in [0.717, 1.165) is 43.5 Å². The highest BCUT2D eigenvalue weighted by atomic mass is 35.5. The topological polar surface area (TPSA) is 46.5 Å². The molecule has 0 saturated heterocycles. The van der Waals surface area contributed by atoms with Crippen molar-refractivity contribution in [3.8, 4) is 11.4 Å². The zero-order valence-electron chi connectivity index (χ0n) is 14.8. The van der Waals surface area contributed by atoms with Gasteiger partial charge in [-0.1, -0.05) is 65.3 Å². The van der Waals surface area contributed by atoms with Gasteiger partial charge in [-0.3, -0.25) is 0 Å². The molecule has 0 bridgehead atoms. The molecule has 3 aromatic carbocycles. The molecule has 2 aromatic heterocycles. The second-order valence-corrected chi connectivity index (χ2v) is 8.25. The number of aromatic nitrogens is 4. The Balaban J connectivity index is 1.62. The van der Waals surface area contributed by atoms with Crippen molar-refractivity contribution in [2.24, 2.45) is 7.05 Å². The number of hydrogen-bond acceptors (Lipinski definition) is 3. The van der Waals surface area contributed by atoms with Gasteiger partial charge in [0.1, 0.15) is 5.82 Å². The molecule has 0 amide bonds. The van der Waals surface area contributed by atoms with E-state index < -0.39 is 0 Å². The van der Waals surface area contributed by atoms with Crippen LogP contribution in [0.15, 0.2) is 70.7 Å². The van der Waals surface area contributed by atoms with Crippen molar-refractivity contribution >= 4 is 57.0 Å². The van der Waals surface area contributed by atoms with Crippen LogP contribution < -0.4 is 0 Å². The van der Waals surface area contributed by atoms with Crippen LogP contribution in [0.5, 0.6) is 0 Å². The number of fused-ring (bicyclic) bond motifs is 2. The Hall–Kier alpha value is -2.47. The Morgan fingerprint density at radius 3 is 2.50 bits per heavy atom. The Bertz CT molecular complexity index is 1310. The van der Waals surface area contributed by atoms with E-state index in [1.54, 1.807) is 17.8 Å². The van der Waals surface area contributed by atoms with E-state index in [9.17, 15) is 0 Å². The zero-order chi connectivity index (χ0) is 19.3. The van der Waals surface area contributed by atoms with Crippen LogP contribution in [0.3, 0.4) is 0 Å². The monoisotopic (exact) mass is 424 g/mol. The van der Waals surface area contributed by atoms with E-state index in [-0.39, 0.29) is 0 Å².